The molecular formula is C15H23BrN2O. The van der Waals surface area contributed by atoms with Crippen molar-refractivity contribution in [1.82, 2.24) is 10.6 Å². The Bertz CT molecular complexity index is 430. The van der Waals surface area contributed by atoms with Gasteiger partial charge in [0.25, 0.3) is 0 Å². The summed E-state index contributed by atoms with van der Waals surface area (Å²) in [7, 11) is 1.73. The second-order valence-electron chi connectivity index (χ2n) is 5.88. The first-order chi connectivity index (χ1) is 9.03. The van der Waals surface area contributed by atoms with E-state index in [2.05, 4.69) is 46.5 Å². The summed E-state index contributed by atoms with van der Waals surface area (Å²) in [5.41, 5.74) is 1.29. The van der Waals surface area contributed by atoms with E-state index in [4.69, 9.17) is 4.74 Å². The van der Waals surface area contributed by atoms with E-state index >= 15 is 0 Å². The van der Waals surface area contributed by atoms with Crippen LogP contribution >= 0.6 is 15.9 Å². The van der Waals surface area contributed by atoms with Crippen molar-refractivity contribution in [1.29, 1.82) is 0 Å². The third-order valence-electron chi connectivity index (χ3n) is 3.76. The molecule has 0 spiro atoms. The summed E-state index contributed by atoms with van der Waals surface area (Å²) in [5.74, 6) is 1.75. The molecule has 1 aromatic rings. The van der Waals surface area contributed by atoms with Crippen LogP contribution in [0.1, 0.15) is 19.4 Å². The largest absolute Gasteiger partial charge is 0.496 e. The number of hydrogen-bond acceptors (Lipinski definition) is 3. The highest BCUT2D eigenvalue weighted by molar-refractivity contribution is 9.10. The second kappa shape index (κ2) is 6.25. The molecule has 3 nitrogen and oxygen atoms in total. The summed E-state index contributed by atoms with van der Waals surface area (Å²) in [6.07, 6.45) is 0. The molecule has 2 N–H and O–H groups in total. The number of halogens is 1. The lowest BCUT2D eigenvalue weighted by Gasteiger charge is -2.31. The van der Waals surface area contributed by atoms with E-state index in [1.54, 1.807) is 7.11 Å². The molecule has 0 bridgehead atoms. The van der Waals surface area contributed by atoms with Crippen molar-refractivity contribution in [3.8, 4) is 5.75 Å². The van der Waals surface area contributed by atoms with Crippen LogP contribution in [0, 0.1) is 5.92 Å². The molecule has 0 aromatic heterocycles. The molecule has 4 heteroatoms. The minimum absolute atomic E-state index is 0.0479. The predicted molar refractivity (Wildman–Crippen MR) is 82.9 cm³/mol. The van der Waals surface area contributed by atoms with Crippen molar-refractivity contribution in [2.75, 3.05) is 33.3 Å². The molecule has 1 aliphatic heterocycles. The van der Waals surface area contributed by atoms with Crippen LogP contribution in [0.4, 0.5) is 0 Å². The first-order valence-corrected chi connectivity index (χ1v) is 7.57. The summed E-state index contributed by atoms with van der Waals surface area (Å²) < 4.78 is 6.58. The predicted octanol–water partition coefficient (Wildman–Crippen LogP) is 2.54. The van der Waals surface area contributed by atoms with Gasteiger partial charge in [-0.15, -0.1) is 0 Å². The Hall–Kier alpha value is -0.580. The van der Waals surface area contributed by atoms with Crippen LogP contribution in [-0.4, -0.2) is 33.3 Å². The highest BCUT2D eigenvalue weighted by Crippen LogP contribution is 2.33. The molecule has 1 aliphatic rings. The lowest BCUT2D eigenvalue weighted by Crippen LogP contribution is -2.48. The van der Waals surface area contributed by atoms with Crippen LogP contribution in [0.2, 0.25) is 0 Å². The zero-order chi connectivity index (χ0) is 13.9. The van der Waals surface area contributed by atoms with Crippen molar-refractivity contribution in [3.63, 3.8) is 0 Å². The highest BCUT2D eigenvalue weighted by Gasteiger charge is 2.25. The van der Waals surface area contributed by atoms with Gasteiger partial charge in [-0.1, -0.05) is 29.8 Å². The van der Waals surface area contributed by atoms with E-state index < -0.39 is 0 Å². The van der Waals surface area contributed by atoms with Gasteiger partial charge in [0.1, 0.15) is 5.75 Å². The average Bonchev–Trinajstić information content (AvgIpc) is 2.32. The van der Waals surface area contributed by atoms with Gasteiger partial charge < -0.3 is 15.4 Å². The molecule has 19 heavy (non-hydrogen) atoms. The van der Waals surface area contributed by atoms with E-state index in [0.717, 1.165) is 42.3 Å². The molecule has 1 fully saturated rings. The molecule has 1 saturated heterocycles. The van der Waals surface area contributed by atoms with Gasteiger partial charge in [0.05, 0.1) is 7.11 Å². The Kier molecular flexibility index (Phi) is 4.87. The van der Waals surface area contributed by atoms with Gasteiger partial charge in [0, 0.05) is 41.6 Å². The number of ether oxygens (including phenoxy) is 1. The summed E-state index contributed by atoms with van der Waals surface area (Å²) in [6, 6.07) is 6.20. The van der Waals surface area contributed by atoms with Crippen LogP contribution in [-0.2, 0) is 5.41 Å². The molecule has 0 aliphatic carbocycles. The van der Waals surface area contributed by atoms with Gasteiger partial charge in [0.15, 0.2) is 0 Å². The monoisotopic (exact) mass is 326 g/mol. The van der Waals surface area contributed by atoms with E-state index in [1.807, 2.05) is 12.1 Å². The molecule has 0 saturated carbocycles. The Morgan fingerprint density at radius 2 is 2.16 bits per heavy atom. The first-order valence-electron chi connectivity index (χ1n) is 6.78. The van der Waals surface area contributed by atoms with Crippen molar-refractivity contribution < 1.29 is 4.74 Å². The van der Waals surface area contributed by atoms with Crippen molar-refractivity contribution >= 4 is 15.9 Å². The van der Waals surface area contributed by atoms with Gasteiger partial charge >= 0.3 is 0 Å². The smallest absolute Gasteiger partial charge is 0.122 e. The van der Waals surface area contributed by atoms with E-state index in [0.29, 0.717) is 0 Å². The van der Waals surface area contributed by atoms with Crippen LogP contribution in [0.25, 0.3) is 0 Å². The highest BCUT2D eigenvalue weighted by atomic mass is 79.9. The van der Waals surface area contributed by atoms with Gasteiger partial charge in [-0.2, -0.15) is 0 Å². The number of benzene rings is 1. The van der Waals surface area contributed by atoms with Gasteiger partial charge in [-0.3, -0.25) is 0 Å². The van der Waals surface area contributed by atoms with Crippen LogP contribution in [0.15, 0.2) is 22.7 Å². The normalized spacial score (nSPS) is 16.2. The third-order valence-corrected chi connectivity index (χ3v) is 4.25. The zero-order valence-corrected chi connectivity index (χ0v) is 13.5. The lowest BCUT2D eigenvalue weighted by molar-refractivity contribution is 0.317. The maximum atomic E-state index is 5.49. The summed E-state index contributed by atoms with van der Waals surface area (Å²) in [5, 5.41) is 6.89. The molecule has 1 aromatic carbocycles. The van der Waals surface area contributed by atoms with Gasteiger partial charge in [-0.25, -0.2) is 0 Å². The van der Waals surface area contributed by atoms with E-state index in [-0.39, 0.29) is 5.41 Å². The lowest BCUT2D eigenvalue weighted by atomic mass is 9.83. The number of nitrogens with one attached hydrogen (secondary N) is 2. The molecule has 0 radical (unpaired) electrons. The molecule has 106 valence electrons. The van der Waals surface area contributed by atoms with Crippen molar-refractivity contribution in [2.45, 2.75) is 19.3 Å². The van der Waals surface area contributed by atoms with Crippen molar-refractivity contribution in [3.05, 3.63) is 28.2 Å². The molecule has 1 heterocycles. The molecule has 2 rings (SSSR count). The van der Waals surface area contributed by atoms with Crippen LogP contribution in [0.3, 0.4) is 0 Å². The molecular weight excluding hydrogens is 304 g/mol. The van der Waals surface area contributed by atoms with Gasteiger partial charge in [0.2, 0.25) is 0 Å². The maximum absolute atomic E-state index is 5.49. The summed E-state index contributed by atoms with van der Waals surface area (Å²) >= 11 is 3.55. The molecule has 0 atom stereocenters. The second-order valence-corrected chi connectivity index (χ2v) is 6.80. The first kappa shape index (κ1) is 14.8. The minimum atomic E-state index is 0.0479. The Balaban J connectivity index is 2.02. The topological polar surface area (TPSA) is 33.3 Å². The minimum Gasteiger partial charge on any atom is -0.496 e. The van der Waals surface area contributed by atoms with Crippen LogP contribution < -0.4 is 15.4 Å². The summed E-state index contributed by atoms with van der Waals surface area (Å²) in [4.78, 5) is 0. The fraction of sp³-hybridized carbons (Fsp3) is 0.600. The number of methoxy groups -OCH3 is 1. The maximum Gasteiger partial charge on any atom is 0.122 e. The zero-order valence-electron chi connectivity index (χ0n) is 11.9. The molecule has 0 unspecified atom stereocenters. The standard InChI is InChI=1S/C15H23BrN2O/c1-15(2,10-18-9-11-7-17-8-11)13-6-12(16)4-5-14(13)19-3/h4-6,11,17-18H,7-10H2,1-3H3. The van der Waals surface area contributed by atoms with Gasteiger partial charge in [-0.05, 0) is 24.1 Å². The van der Waals surface area contributed by atoms with Crippen LogP contribution in [0.5, 0.6) is 5.75 Å². The van der Waals surface area contributed by atoms with E-state index in [9.17, 15) is 0 Å². The quantitative estimate of drug-likeness (QED) is 0.842. The SMILES string of the molecule is COc1ccc(Br)cc1C(C)(C)CNCC1CNC1. The van der Waals surface area contributed by atoms with Crippen molar-refractivity contribution in [2.24, 2.45) is 5.92 Å². The Morgan fingerprint density at radius 3 is 2.74 bits per heavy atom. The average molecular weight is 327 g/mol. The number of hydrogen-bond donors (Lipinski definition) is 2. The Labute approximate surface area is 124 Å². The fourth-order valence-corrected chi connectivity index (χ4v) is 2.75. The fourth-order valence-electron chi connectivity index (χ4n) is 2.39. The number of rotatable bonds is 6. The summed E-state index contributed by atoms with van der Waals surface area (Å²) in [6.45, 7) is 8.84. The third kappa shape index (κ3) is 3.71. The molecule has 0 amide bonds. The van der Waals surface area contributed by atoms with E-state index in [1.165, 1.54) is 5.56 Å². The Morgan fingerprint density at radius 1 is 1.42 bits per heavy atom.